The number of fused-ring (bicyclic) bond motifs is 4. The van der Waals surface area contributed by atoms with Crippen molar-refractivity contribution in [1.29, 1.82) is 0 Å². The summed E-state index contributed by atoms with van der Waals surface area (Å²) >= 11 is 6.13. The number of nitrogens with zero attached hydrogens (tertiary/aromatic N) is 1. The number of benzene rings is 1. The summed E-state index contributed by atoms with van der Waals surface area (Å²) < 4.78 is 1.84. The van der Waals surface area contributed by atoms with Gasteiger partial charge in [0.2, 0.25) is 0 Å². The number of hydrogen-bond acceptors (Lipinski definition) is 2. The van der Waals surface area contributed by atoms with E-state index in [-0.39, 0.29) is 17.9 Å². The Morgan fingerprint density at radius 1 is 1.31 bits per heavy atom. The molecule has 5 rings (SSSR count). The largest absolute Gasteiger partial charge is 0.395 e. The van der Waals surface area contributed by atoms with Gasteiger partial charge in [-0.15, -0.1) is 0 Å². The standard InChI is InChI=1S/C20H24BClN2O2/c21-16-9-14(22)10-17-18(16)15(11-24(17)7-8-25)19(26)23-12-20-4-1-13(2-5-20)3-6-20/h9-11,13,25H,1-8,12H2,(H,23,26). The number of carbonyl (C=O) groups is 1. The molecule has 0 saturated heterocycles. The van der Waals surface area contributed by atoms with Gasteiger partial charge in [-0.05, 0) is 62.0 Å². The highest BCUT2D eigenvalue weighted by atomic mass is 35.5. The van der Waals surface area contributed by atoms with E-state index in [0.717, 1.165) is 18.0 Å². The van der Waals surface area contributed by atoms with E-state index in [9.17, 15) is 9.90 Å². The Hall–Kier alpha value is -1.46. The van der Waals surface area contributed by atoms with Gasteiger partial charge < -0.3 is 15.0 Å². The molecule has 3 aliphatic carbocycles. The fourth-order valence-electron chi connectivity index (χ4n) is 4.85. The van der Waals surface area contributed by atoms with Crippen molar-refractivity contribution in [2.24, 2.45) is 11.3 Å². The lowest BCUT2D eigenvalue weighted by Gasteiger charge is -2.46. The Kier molecular flexibility index (Phi) is 4.78. The maximum absolute atomic E-state index is 13.0. The van der Waals surface area contributed by atoms with Crippen molar-refractivity contribution in [2.45, 2.75) is 45.1 Å². The predicted molar refractivity (Wildman–Crippen MR) is 105 cm³/mol. The third kappa shape index (κ3) is 3.16. The lowest BCUT2D eigenvalue weighted by atomic mass is 9.61. The zero-order valence-electron chi connectivity index (χ0n) is 14.9. The minimum Gasteiger partial charge on any atom is -0.395 e. The first-order valence-electron chi connectivity index (χ1n) is 9.48. The summed E-state index contributed by atoms with van der Waals surface area (Å²) in [5.41, 5.74) is 2.11. The molecule has 2 radical (unpaired) electrons. The van der Waals surface area contributed by atoms with Gasteiger partial charge in [-0.25, -0.2) is 0 Å². The molecule has 6 heteroatoms. The van der Waals surface area contributed by atoms with Gasteiger partial charge in [0.25, 0.3) is 5.91 Å². The molecule has 2 bridgehead atoms. The summed E-state index contributed by atoms with van der Waals surface area (Å²) in [6.45, 7) is 1.12. The summed E-state index contributed by atoms with van der Waals surface area (Å²) in [5, 5.41) is 13.7. The van der Waals surface area contributed by atoms with Gasteiger partial charge in [-0.1, -0.05) is 17.1 Å². The van der Waals surface area contributed by atoms with Crippen molar-refractivity contribution in [3.8, 4) is 0 Å². The average molecular weight is 371 g/mol. The molecule has 3 fully saturated rings. The third-order valence-corrected chi connectivity index (χ3v) is 6.65. The van der Waals surface area contributed by atoms with Gasteiger partial charge in [0.15, 0.2) is 0 Å². The number of amides is 1. The number of nitrogens with one attached hydrogen (secondary N) is 1. The normalized spacial score (nSPS) is 24.9. The van der Waals surface area contributed by atoms with Crippen LogP contribution in [0.2, 0.25) is 5.02 Å². The molecule has 0 atom stereocenters. The number of hydrogen-bond donors (Lipinski definition) is 2. The Balaban J connectivity index is 1.60. The van der Waals surface area contributed by atoms with Gasteiger partial charge >= 0.3 is 0 Å². The molecule has 2 N–H and O–H groups in total. The number of aliphatic hydroxyl groups excluding tert-OH is 1. The zero-order chi connectivity index (χ0) is 18.3. The van der Waals surface area contributed by atoms with Gasteiger partial charge in [0, 0.05) is 35.2 Å². The van der Waals surface area contributed by atoms with Crippen LogP contribution in [0.25, 0.3) is 10.9 Å². The average Bonchev–Trinajstić information content (AvgIpc) is 3.00. The second kappa shape index (κ2) is 6.93. The molecule has 0 spiro atoms. The highest BCUT2D eigenvalue weighted by Gasteiger charge is 2.40. The minimum atomic E-state index is -0.0946. The number of aromatic nitrogens is 1. The summed E-state index contributed by atoms with van der Waals surface area (Å²) in [6.07, 6.45) is 9.36. The van der Waals surface area contributed by atoms with Crippen molar-refractivity contribution in [1.82, 2.24) is 9.88 Å². The van der Waals surface area contributed by atoms with E-state index < -0.39 is 0 Å². The van der Waals surface area contributed by atoms with Crippen LogP contribution >= 0.6 is 11.6 Å². The first kappa shape index (κ1) is 17.9. The van der Waals surface area contributed by atoms with Crippen LogP contribution in [-0.2, 0) is 6.54 Å². The van der Waals surface area contributed by atoms with Gasteiger partial charge in [0.05, 0.1) is 12.2 Å². The van der Waals surface area contributed by atoms with Gasteiger partial charge in [-0.2, -0.15) is 0 Å². The number of halogens is 1. The van der Waals surface area contributed by atoms with E-state index in [1.54, 1.807) is 18.3 Å². The van der Waals surface area contributed by atoms with Crippen molar-refractivity contribution in [3.05, 3.63) is 28.9 Å². The molecule has 2 aromatic rings. The Labute approximate surface area is 160 Å². The van der Waals surface area contributed by atoms with Crippen LogP contribution in [0, 0.1) is 11.3 Å². The molecule has 1 aromatic carbocycles. The van der Waals surface area contributed by atoms with Crippen molar-refractivity contribution < 1.29 is 9.90 Å². The highest BCUT2D eigenvalue weighted by molar-refractivity contribution is 6.42. The molecule has 1 amide bonds. The van der Waals surface area contributed by atoms with E-state index in [4.69, 9.17) is 19.4 Å². The maximum Gasteiger partial charge on any atom is 0.253 e. The van der Waals surface area contributed by atoms with Crippen molar-refractivity contribution >= 4 is 41.7 Å². The van der Waals surface area contributed by atoms with Crippen LogP contribution < -0.4 is 10.8 Å². The molecule has 4 nitrogen and oxygen atoms in total. The number of carbonyl (C=O) groups excluding carboxylic acids is 1. The fraction of sp³-hybridized carbons (Fsp3) is 0.550. The Bertz CT molecular complexity index is 826. The van der Waals surface area contributed by atoms with Crippen LogP contribution in [0.1, 0.15) is 48.9 Å². The SMILES string of the molecule is [B]c1cc(Cl)cc2c1c(C(=O)NCC13CCC(CC1)CC3)cn2CCO. The molecule has 1 aromatic heterocycles. The molecule has 3 aliphatic rings. The molecule has 1 heterocycles. The summed E-state index contributed by atoms with van der Waals surface area (Å²) in [6, 6.07) is 3.46. The van der Waals surface area contributed by atoms with E-state index in [1.165, 1.54) is 38.5 Å². The quantitative estimate of drug-likeness (QED) is 0.795. The predicted octanol–water partition coefficient (Wildman–Crippen LogP) is 2.78. The molecular weight excluding hydrogens is 346 g/mol. The molecule has 26 heavy (non-hydrogen) atoms. The molecule has 3 saturated carbocycles. The first-order chi connectivity index (χ1) is 12.5. The van der Waals surface area contributed by atoms with Crippen LogP contribution in [0.3, 0.4) is 0 Å². The minimum absolute atomic E-state index is 0.0124. The lowest BCUT2D eigenvalue weighted by Crippen LogP contribution is -2.43. The summed E-state index contributed by atoms with van der Waals surface area (Å²) in [4.78, 5) is 13.0. The van der Waals surface area contributed by atoms with Crippen molar-refractivity contribution in [3.63, 3.8) is 0 Å². The zero-order valence-corrected chi connectivity index (χ0v) is 15.7. The molecule has 136 valence electrons. The topological polar surface area (TPSA) is 54.3 Å². The van der Waals surface area contributed by atoms with Crippen LogP contribution in [0.5, 0.6) is 0 Å². The highest BCUT2D eigenvalue weighted by Crippen LogP contribution is 2.49. The summed E-state index contributed by atoms with van der Waals surface area (Å²) in [5.74, 6) is 0.816. The Morgan fingerprint density at radius 3 is 2.65 bits per heavy atom. The van der Waals surface area contributed by atoms with E-state index >= 15 is 0 Å². The van der Waals surface area contributed by atoms with Crippen LogP contribution in [-0.4, -0.2) is 36.6 Å². The number of aliphatic hydroxyl groups is 1. The van der Waals surface area contributed by atoms with E-state index in [2.05, 4.69) is 5.32 Å². The lowest BCUT2D eigenvalue weighted by molar-refractivity contribution is 0.0598. The fourth-order valence-corrected chi connectivity index (χ4v) is 5.08. The van der Waals surface area contributed by atoms with Gasteiger partial charge in [-0.3, -0.25) is 4.79 Å². The first-order valence-corrected chi connectivity index (χ1v) is 9.86. The molecule has 0 aliphatic heterocycles. The monoisotopic (exact) mass is 370 g/mol. The smallest absolute Gasteiger partial charge is 0.253 e. The second-order valence-corrected chi connectivity index (χ2v) is 8.45. The van der Waals surface area contributed by atoms with Crippen LogP contribution in [0.4, 0.5) is 0 Å². The van der Waals surface area contributed by atoms with E-state index in [1.807, 2.05) is 4.57 Å². The van der Waals surface area contributed by atoms with Gasteiger partial charge in [0.1, 0.15) is 7.85 Å². The number of rotatable bonds is 5. The van der Waals surface area contributed by atoms with Crippen LogP contribution in [0.15, 0.2) is 18.3 Å². The van der Waals surface area contributed by atoms with E-state index in [0.29, 0.717) is 28.0 Å². The summed E-state index contributed by atoms with van der Waals surface area (Å²) in [7, 11) is 6.16. The van der Waals surface area contributed by atoms with Crippen molar-refractivity contribution in [2.75, 3.05) is 13.2 Å². The Morgan fingerprint density at radius 2 is 2.00 bits per heavy atom. The molecular formula is C20H24BClN2O2. The maximum atomic E-state index is 13.0. The third-order valence-electron chi connectivity index (χ3n) is 6.43. The molecule has 0 unspecified atom stereocenters. The second-order valence-electron chi connectivity index (χ2n) is 8.01.